The van der Waals surface area contributed by atoms with Crippen molar-refractivity contribution in [1.82, 2.24) is 10.2 Å². The van der Waals surface area contributed by atoms with Crippen molar-refractivity contribution in [2.75, 3.05) is 20.4 Å². The van der Waals surface area contributed by atoms with E-state index >= 15 is 0 Å². The van der Waals surface area contributed by atoms with E-state index in [2.05, 4.69) is 5.32 Å². The standard InChI is InChI=1S/C18H20N2O4S/c1-20(2)18(22)14-10-8-13(9-11-14)12-19-17(21)15-6-4-5-7-16(15)25(3,23)24/h4-11H,12H2,1-3H3,(H,19,21). The van der Waals surface area contributed by atoms with Crippen molar-refractivity contribution < 1.29 is 18.0 Å². The molecule has 0 fully saturated rings. The van der Waals surface area contributed by atoms with Gasteiger partial charge < -0.3 is 10.2 Å². The molecular formula is C18H20N2O4S. The van der Waals surface area contributed by atoms with Gasteiger partial charge in [0.2, 0.25) is 0 Å². The second kappa shape index (κ2) is 7.48. The molecule has 0 aliphatic rings. The molecule has 0 aliphatic carbocycles. The molecule has 0 aromatic heterocycles. The predicted octanol–water partition coefficient (Wildman–Crippen LogP) is 1.72. The van der Waals surface area contributed by atoms with Crippen molar-refractivity contribution in [3.05, 3.63) is 65.2 Å². The molecule has 2 aromatic carbocycles. The largest absolute Gasteiger partial charge is 0.348 e. The lowest BCUT2D eigenvalue weighted by molar-refractivity contribution is 0.0827. The highest BCUT2D eigenvalue weighted by Gasteiger charge is 2.17. The summed E-state index contributed by atoms with van der Waals surface area (Å²) in [6.45, 7) is 0.230. The van der Waals surface area contributed by atoms with Crippen LogP contribution in [0, 0.1) is 0 Å². The first-order valence-corrected chi connectivity index (χ1v) is 9.47. The highest BCUT2D eigenvalue weighted by atomic mass is 32.2. The number of amides is 2. The predicted molar refractivity (Wildman–Crippen MR) is 95.2 cm³/mol. The molecule has 6 nitrogen and oxygen atoms in total. The molecule has 2 aromatic rings. The van der Waals surface area contributed by atoms with Crippen LogP contribution in [0.5, 0.6) is 0 Å². The Bertz CT molecular complexity index is 888. The maximum atomic E-state index is 12.3. The molecule has 0 bridgehead atoms. The van der Waals surface area contributed by atoms with Crippen LogP contribution in [0.2, 0.25) is 0 Å². The van der Waals surface area contributed by atoms with Crippen LogP contribution in [-0.2, 0) is 16.4 Å². The smallest absolute Gasteiger partial charge is 0.253 e. The molecule has 0 radical (unpaired) electrons. The average molecular weight is 360 g/mol. The van der Waals surface area contributed by atoms with Crippen LogP contribution in [0.1, 0.15) is 26.3 Å². The number of nitrogens with zero attached hydrogens (tertiary/aromatic N) is 1. The van der Waals surface area contributed by atoms with E-state index < -0.39 is 15.7 Å². The molecule has 0 spiro atoms. The SMILES string of the molecule is CN(C)C(=O)c1ccc(CNC(=O)c2ccccc2S(C)(=O)=O)cc1. The normalized spacial score (nSPS) is 11.0. The van der Waals surface area contributed by atoms with E-state index in [1.54, 1.807) is 50.5 Å². The summed E-state index contributed by atoms with van der Waals surface area (Å²) in [6, 6.07) is 13.0. The van der Waals surface area contributed by atoms with E-state index in [1.165, 1.54) is 17.0 Å². The third-order valence-corrected chi connectivity index (χ3v) is 4.75. The Morgan fingerprint density at radius 3 is 2.16 bits per heavy atom. The third-order valence-electron chi connectivity index (χ3n) is 3.59. The second-order valence-electron chi connectivity index (χ2n) is 5.85. The topological polar surface area (TPSA) is 83.6 Å². The van der Waals surface area contributed by atoms with Crippen LogP contribution < -0.4 is 5.32 Å². The summed E-state index contributed by atoms with van der Waals surface area (Å²) >= 11 is 0. The van der Waals surface area contributed by atoms with Gasteiger partial charge in [-0.1, -0.05) is 24.3 Å². The Hall–Kier alpha value is -2.67. The molecule has 0 unspecified atom stereocenters. The van der Waals surface area contributed by atoms with Gasteiger partial charge in [-0.2, -0.15) is 0 Å². The lowest BCUT2D eigenvalue weighted by Crippen LogP contribution is -2.25. The Morgan fingerprint density at radius 2 is 1.60 bits per heavy atom. The number of hydrogen-bond donors (Lipinski definition) is 1. The Morgan fingerprint density at radius 1 is 1.00 bits per heavy atom. The molecule has 0 heterocycles. The van der Waals surface area contributed by atoms with E-state index in [0.29, 0.717) is 5.56 Å². The Balaban J connectivity index is 2.10. The lowest BCUT2D eigenvalue weighted by atomic mass is 10.1. The van der Waals surface area contributed by atoms with Gasteiger partial charge in [0, 0.05) is 32.5 Å². The number of sulfone groups is 1. The van der Waals surface area contributed by atoms with Crippen LogP contribution in [0.15, 0.2) is 53.4 Å². The first-order chi connectivity index (χ1) is 11.7. The maximum absolute atomic E-state index is 12.3. The molecule has 25 heavy (non-hydrogen) atoms. The van der Waals surface area contributed by atoms with E-state index in [-0.39, 0.29) is 22.9 Å². The fraction of sp³-hybridized carbons (Fsp3) is 0.222. The first kappa shape index (κ1) is 18.7. The van der Waals surface area contributed by atoms with Crippen molar-refractivity contribution in [3.63, 3.8) is 0 Å². The van der Waals surface area contributed by atoms with Crippen molar-refractivity contribution >= 4 is 21.7 Å². The lowest BCUT2D eigenvalue weighted by Gasteiger charge is -2.11. The third kappa shape index (κ3) is 4.67. The van der Waals surface area contributed by atoms with Crippen molar-refractivity contribution in [2.45, 2.75) is 11.4 Å². The minimum atomic E-state index is -3.49. The Kier molecular flexibility index (Phi) is 5.58. The van der Waals surface area contributed by atoms with E-state index in [4.69, 9.17) is 0 Å². The number of carbonyl (C=O) groups excluding carboxylic acids is 2. The van der Waals surface area contributed by atoms with Gasteiger partial charge in [0.25, 0.3) is 11.8 Å². The maximum Gasteiger partial charge on any atom is 0.253 e. The molecule has 0 saturated carbocycles. The summed E-state index contributed by atoms with van der Waals surface area (Å²) in [5.41, 5.74) is 1.48. The zero-order valence-electron chi connectivity index (χ0n) is 14.3. The fourth-order valence-corrected chi connectivity index (χ4v) is 3.16. The molecule has 0 aliphatic heterocycles. The van der Waals surface area contributed by atoms with Crippen molar-refractivity contribution in [2.24, 2.45) is 0 Å². The summed E-state index contributed by atoms with van der Waals surface area (Å²) in [5.74, 6) is -0.563. The second-order valence-corrected chi connectivity index (χ2v) is 7.83. The minimum Gasteiger partial charge on any atom is -0.348 e. The van der Waals surface area contributed by atoms with Crippen LogP contribution in [-0.4, -0.2) is 45.5 Å². The molecule has 132 valence electrons. The van der Waals surface area contributed by atoms with Crippen LogP contribution in [0.4, 0.5) is 0 Å². The quantitative estimate of drug-likeness (QED) is 0.880. The van der Waals surface area contributed by atoms with Gasteiger partial charge in [-0.05, 0) is 29.8 Å². The molecule has 0 saturated heterocycles. The summed E-state index contributed by atoms with van der Waals surface area (Å²) < 4.78 is 23.5. The van der Waals surface area contributed by atoms with Gasteiger partial charge in [-0.15, -0.1) is 0 Å². The van der Waals surface area contributed by atoms with Gasteiger partial charge in [0.1, 0.15) is 0 Å². The van der Waals surface area contributed by atoms with Gasteiger partial charge in [0.05, 0.1) is 10.5 Å². The van der Waals surface area contributed by atoms with Crippen LogP contribution in [0.3, 0.4) is 0 Å². The summed E-state index contributed by atoms with van der Waals surface area (Å²) in [5, 5.41) is 2.70. The molecule has 7 heteroatoms. The van der Waals surface area contributed by atoms with E-state index in [1.807, 2.05) is 0 Å². The number of carbonyl (C=O) groups is 2. The molecule has 2 rings (SSSR count). The Labute approximate surface area is 147 Å². The zero-order valence-corrected chi connectivity index (χ0v) is 15.1. The molecule has 1 N–H and O–H groups in total. The van der Waals surface area contributed by atoms with Gasteiger partial charge >= 0.3 is 0 Å². The number of nitrogens with one attached hydrogen (secondary N) is 1. The average Bonchev–Trinajstić information content (AvgIpc) is 2.58. The molecular weight excluding hydrogens is 340 g/mol. The van der Waals surface area contributed by atoms with E-state index in [0.717, 1.165) is 11.8 Å². The number of benzene rings is 2. The molecule has 0 atom stereocenters. The minimum absolute atomic E-state index is 0.000530. The van der Waals surface area contributed by atoms with Crippen LogP contribution >= 0.6 is 0 Å². The number of hydrogen-bond acceptors (Lipinski definition) is 4. The highest BCUT2D eigenvalue weighted by molar-refractivity contribution is 7.90. The van der Waals surface area contributed by atoms with Crippen LogP contribution in [0.25, 0.3) is 0 Å². The van der Waals surface area contributed by atoms with Crippen molar-refractivity contribution in [1.29, 1.82) is 0 Å². The summed E-state index contributed by atoms with van der Waals surface area (Å²) in [7, 11) is -0.135. The summed E-state index contributed by atoms with van der Waals surface area (Å²) in [6.07, 6.45) is 1.07. The number of rotatable bonds is 5. The zero-order chi connectivity index (χ0) is 18.6. The van der Waals surface area contributed by atoms with Gasteiger partial charge in [-0.25, -0.2) is 8.42 Å². The first-order valence-electron chi connectivity index (χ1n) is 7.58. The highest BCUT2D eigenvalue weighted by Crippen LogP contribution is 2.15. The van der Waals surface area contributed by atoms with Gasteiger partial charge in [0.15, 0.2) is 9.84 Å². The summed E-state index contributed by atoms with van der Waals surface area (Å²) in [4.78, 5) is 25.6. The van der Waals surface area contributed by atoms with Crippen molar-refractivity contribution in [3.8, 4) is 0 Å². The fourth-order valence-electron chi connectivity index (χ4n) is 2.28. The monoisotopic (exact) mass is 360 g/mol. The van der Waals surface area contributed by atoms with Gasteiger partial charge in [-0.3, -0.25) is 9.59 Å². The van der Waals surface area contributed by atoms with E-state index in [9.17, 15) is 18.0 Å². The molecule has 2 amide bonds.